The van der Waals surface area contributed by atoms with Crippen LogP contribution in [0.2, 0.25) is 0 Å². The Morgan fingerprint density at radius 1 is 1.14 bits per heavy atom. The number of fused-ring (bicyclic) bond motifs is 1. The molecule has 0 bridgehead atoms. The highest BCUT2D eigenvalue weighted by atomic mass is 15.2. The highest BCUT2D eigenvalue weighted by Gasteiger charge is 2.33. The third kappa shape index (κ3) is 4.29. The van der Waals surface area contributed by atoms with E-state index in [-0.39, 0.29) is 0 Å². The third-order valence-electron chi connectivity index (χ3n) is 4.50. The summed E-state index contributed by atoms with van der Waals surface area (Å²) in [6.45, 7) is 5.67. The van der Waals surface area contributed by atoms with Crippen molar-refractivity contribution in [2.24, 2.45) is 0 Å². The van der Waals surface area contributed by atoms with Crippen molar-refractivity contribution in [2.75, 3.05) is 40.8 Å². The van der Waals surface area contributed by atoms with Gasteiger partial charge in [0.1, 0.15) is 0 Å². The van der Waals surface area contributed by atoms with Gasteiger partial charge >= 0.3 is 0 Å². The maximum atomic E-state index is 3.77. The highest BCUT2D eigenvalue weighted by Crippen LogP contribution is 2.34. The number of nitrogens with one attached hydrogen (secondary N) is 1. The topological polar surface area (TPSA) is 18.5 Å². The SMILES string of the molecule is CCCNC1c2ccccc2CC1N(C)CCCN(C)C. The van der Waals surface area contributed by atoms with Crippen LogP contribution in [0.4, 0.5) is 0 Å². The molecular formula is C18H31N3. The molecule has 1 aliphatic carbocycles. The Kier molecular flexibility index (Phi) is 6.22. The Morgan fingerprint density at radius 2 is 1.90 bits per heavy atom. The zero-order valence-electron chi connectivity index (χ0n) is 14.1. The third-order valence-corrected chi connectivity index (χ3v) is 4.50. The standard InChI is InChI=1S/C18H31N3/c1-5-11-19-18-16-10-7-6-9-15(16)14-17(18)21(4)13-8-12-20(2)3/h6-7,9-10,17-19H,5,8,11-14H2,1-4H3. The number of rotatable bonds is 8. The van der Waals surface area contributed by atoms with Crippen LogP contribution in [0.3, 0.4) is 0 Å². The van der Waals surface area contributed by atoms with Gasteiger partial charge in [0.15, 0.2) is 0 Å². The van der Waals surface area contributed by atoms with Gasteiger partial charge in [0, 0.05) is 12.1 Å². The molecule has 21 heavy (non-hydrogen) atoms. The molecule has 3 heteroatoms. The van der Waals surface area contributed by atoms with Crippen molar-refractivity contribution in [3.8, 4) is 0 Å². The first-order valence-corrected chi connectivity index (χ1v) is 8.29. The van der Waals surface area contributed by atoms with Crippen LogP contribution >= 0.6 is 0 Å². The zero-order chi connectivity index (χ0) is 15.2. The van der Waals surface area contributed by atoms with E-state index in [1.165, 1.54) is 36.9 Å². The Hall–Kier alpha value is -0.900. The average molecular weight is 289 g/mol. The molecule has 0 fully saturated rings. The lowest BCUT2D eigenvalue weighted by molar-refractivity contribution is 0.195. The Labute approximate surface area is 130 Å². The van der Waals surface area contributed by atoms with Crippen molar-refractivity contribution in [2.45, 2.75) is 38.3 Å². The van der Waals surface area contributed by atoms with Crippen LogP contribution in [0.15, 0.2) is 24.3 Å². The predicted molar refractivity (Wildman–Crippen MR) is 90.8 cm³/mol. The van der Waals surface area contributed by atoms with E-state index in [0.717, 1.165) is 13.1 Å². The maximum Gasteiger partial charge on any atom is 0.0484 e. The Morgan fingerprint density at radius 3 is 2.62 bits per heavy atom. The van der Waals surface area contributed by atoms with Crippen molar-refractivity contribution < 1.29 is 0 Å². The normalized spacial score (nSPS) is 21.2. The first-order chi connectivity index (χ1) is 10.1. The minimum Gasteiger partial charge on any atom is -0.309 e. The Bertz CT molecular complexity index is 430. The minimum atomic E-state index is 0.491. The maximum absolute atomic E-state index is 3.77. The number of nitrogens with zero attached hydrogens (tertiary/aromatic N) is 2. The summed E-state index contributed by atoms with van der Waals surface area (Å²) >= 11 is 0. The van der Waals surface area contributed by atoms with E-state index in [1.54, 1.807) is 0 Å². The Balaban J connectivity index is 2.01. The van der Waals surface area contributed by atoms with E-state index in [4.69, 9.17) is 0 Å². The molecule has 0 radical (unpaired) electrons. The molecule has 1 aromatic rings. The van der Waals surface area contributed by atoms with Crippen molar-refractivity contribution in [1.82, 2.24) is 15.1 Å². The first kappa shape index (κ1) is 16.5. The molecule has 0 amide bonds. The van der Waals surface area contributed by atoms with Crippen LogP contribution in [-0.2, 0) is 6.42 Å². The van der Waals surface area contributed by atoms with Gasteiger partial charge in [0.05, 0.1) is 0 Å². The lowest BCUT2D eigenvalue weighted by atomic mass is 10.1. The summed E-state index contributed by atoms with van der Waals surface area (Å²) in [6.07, 6.45) is 3.60. The van der Waals surface area contributed by atoms with Crippen LogP contribution in [0.25, 0.3) is 0 Å². The van der Waals surface area contributed by atoms with E-state index in [1.807, 2.05) is 0 Å². The van der Waals surface area contributed by atoms with Crippen molar-refractivity contribution in [3.63, 3.8) is 0 Å². The van der Waals surface area contributed by atoms with Gasteiger partial charge in [-0.05, 0) is 71.2 Å². The summed E-state index contributed by atoms with van der Waals surface area (Å²) in [6, 6.07) is 10.0. The molecule has 1 aliphatic rings. The molecule has 1 aromatic carbocycles. The van der Waals surface area contributed by atoms with Crippen LogP contribution in [0, 0.1) is 0 Å². The molecule has 2 atom stereocenters. The molecule has 118 valence electrons. The monoisotopic (exact) mass is 289 g/mol. The predicted octanol–water partition coefficient (Wildman–Crippen LogP) is 2.54. The van der Waals surface area contributed by atoms with Gasteiger partial charge in [0.25, 0.3) is 0 Å². The van der Waals surface area contributed by atoms with Crippen molar-refractivity contribution in [3.05, 3.63) is 35.4 Å². The number of hydrogen-bond donors (Lipinski definition) is 1. The number of likely N-dealkylation sites (N-methyl/N-ethyl adjacent to an activating group) is 1. The second-order valence-electron chi connectivity index (χ2n) is 6.54. The molecule has 0 aliphatic heterocycles. The summed E-state index contributed by atoms with van der Waals surface area (Å²) in [7, 11) is 6.58. The molecular weight excluding hydrogens is 258 g/mol. The fraction of sp³-hybridized carbons (Fsp3) is 0.667. The summed E-state index contributed by atoms with van der Waals surface area (Å²) in [5, 5.41) is 3.77. The fourth-order valence-corrected chi connectivity index (χ4v) is 3.33. The quantitative estimate of drug-likeness (QED) is 0.793. The van der Waals surface area contributed by atoms with Crippen LogP contribution in [0.1, 0.15) is 36.9 Å². The highest BCUT2D eigenvalue weighted by molar-refractivity contribution is 5.37. The van der Waals surface area contributed by atoms with Gasteiger partial charge < -0.3 is 15.1 Å². The number of hydrogen-bond acceptors (Lipinski definition) is 3. The molecule has 0 saturated carbocycles. The minimum absolute atomic E-state index is 0.491. The van der Waals surface area contributed by atoms with E-state index >= 15 is 0 Å². The molecule has 0 heterocycles. The van der Waals surface area contributed by atoms with Gasteiger partial charge in [-0.25, -0.2) is 0 Å². The fourth-order valence-electron chi connectivity index (χ4n) is 3.33. The lowest BCUT2D eigenvalue weighted by Crippen LogP contribution is -2.42. The molecule has 0 saturated heterocycles. The van der Waals surface area contributed by atoms with Gasteiger partial charge in [0.2, 0.25) is 0 Å². The van der Waals surface area contributed by atoms with Gasteiger partial charge in [-0.2, -0.15) is 0 Å². The van der Waals surface area contributed by atoms with Gasteiger partial charge in [-0.3, -0.25) is 0 Å². The smallest absolute Gasteiger partial charge is 0.0484 e. The van der Waals surface area contributed by atoms with Crippen molar-refractivity contribution in [1.29, 1.82) is 0 Å². The molecule has 2 rings (SSSR count). The van der Waals surface area contributed by atoms with Gasteiger partial charge in [-0.1, -0.05) is 31.2 Å². The van der Waals surface area contributed by atoms with E-state index in [0.29, 0.717) is 12.1 Å². The van der Waals surface area contributed by atoms with Crippen LogP contribution in [-0.4, -0.2) is 56.6 Å². The van der Waals surface area contributed by atoms with E-state index in [2.05, 4.69) is 67.4 Å². The lowest BCUT2D eigenvalue weighted by Gasteiger charge is -2.31. The summed E-state index contributed by atoms with van der Waals surface area (Å²) in [4.78, 5) is 4.82. The second-order valence-corrected chi connectivity index (χ2v) is 6.54. The van der Waals surface area contributed by atoms with E-state index in [9.17, 15) is 0 Å². The first-order valence-electron chi connectivity index (χ1n) is 8.29. The second kappa shape index (κ2) is 7.92. The van der Waals surface area contributed by atoms with Crippen LogP contribution in [0.5, 0.6) is 0 Å². The van der Waals surface area contributed by atoms with Gasteiger partial charge in [-0.15, -0.1) is 0 Å². The van der Waals surface area contributed by atoms with Crippen LogP contribution < -0.4 is 5.32 Å². The molecule has 1 N–H and O–H groups in total. The summed E-state index contributed by atoms with van der Waals surface area (Å²) < 4.78 is 0. The summed E-state index contributed by atoms with van der Waals surface area (Å²) in [5.74, 6) is 0. The zero-order valence-corrected chi connectivity index (χ0v) is 14.1. The molecule has 3 nitrogen and oxygen atoms in total. The molecule has 2 unspecified atom stereocenters. The van der Waals surface area contributed by atoms with E-state index < -0.39 is 0 Å². The van der Waals surface area contributed by atoms with Crippen molar-refractivity contribution >= 4 is 0 Å². The average Bonchev–Trinajstić information content (AvgIpc) is 2.83. The summed E-state index contributed by atoms with van der Waals surface area (Å²) in [5.41, 5.74) is 3.03. The molecule has 0 aromatic heterocycles. The largest absolute Gasteiger partial charge is 0.309 e. The molecule has 0 spiro atoms. The number of benzene rings is 1.